The van der Waals surface area contributed by atoms with Gasteiger partial charge < -0.3 is 19.7 Å². The van der Waals surface area contributed by atoms with Crippen LogP contribution in [-0.2, 0) is 19.1 Å². The molecule has 0 aliphatic carbocycles. The Labute approximate surface area is 112 Å². The smallest absolute Gasteiger partial charge is 0.410 e. The van der Waals surface area contributed by atoms with Gasteiger partial charge in [-0.05, 0) is 20.8 Å². The second-order valence-corrected chi connectivity index (χ2v) is 5.49. The van der Waals surface area contributed by atoms with Crippen LogP contribution in [0.25, 0.3) is 0 Å². The van der Waals surface area contributed by atoms with E-state index in [0.717, 1.165) is 0 Å². The number of hydrogen-bond donors (Lipinski definition) is 1. The van der Waals surface area contributed by atoms with Crippen molar-refractivity contribution in [2.45, 2.75) is 38.3 Å². The minimum Gasteiger partial charge on any atom is -0.467 e. The van der Waals surface area contributed by atoms with Gasteiger partial charge in [0.2, 0.25) is 6.41 Å². The van der Waals surface area contributed by atoms with E-state index in [1.54, 1.807) is 20.8 Å². The highest BCUT2D eigenvalue weighted by Gasteiger charge is 2.47. The van der Waals surface area contributed by atoms with E-state index in [0.29, 0.717) is 19.4 Å². The van der Waals surface area contributed by atoms with Gasteiger partial charge in [0, 0.05) is 13.0 Å². The molecule has 1 heterocycles. The van der Waals surface area contributed by atoms with Crippen LogP contribution in [0.4, 0.5) is 4.79 Å². The SMILES string of the molecule is COC(=O)C1(NC=O)CCN(C(=O)OC(C)(C)C)C1. The van der Waals surface area contributed by atoms with Crippen molar-refractivity contribution >= 4 is 18.5 Å². The molecule has 0 spiro atoms. The molecule has 0 saturated carbocycles. The molecule has 1 rings (SSSR count). The van der Waals surface area contributed by atoms with Crippen LogP contribution in [0.5, 0.6) is 0 Å². The second-order valence-electron chi connectivity index (χ2n) is 5.49. The van der Waals surface area contributed by atoms with E-state index in [1.807, 2.05) is 0 Å². The molecule has 7 nitrogen and oxygen atoms in total. The molecule has 1 saturated heterocycles. The summed E-state index contributed by atoms with van der Waals surface area (Å²) in [6.07, 6.45) is 0.235. The van der Waals surface area contributed by atoms with E-state index in [9.17, 15) is 14.4 Å². The first-order valence-electron chi connectivity index (χ1n) is 6.02. The summed E-state index contributed by atoms with van der Waals surface area (Å²) >= 11 is 0. The summed E-state index contributed by atoms with van der Waals surface area (Å²) in [5.41, 5.74) is -1.78. The van der Waals surface area contributed by atoms with E-state index in [-0.39, 0.29) is 6.54 Å². The van der Waals surface area contributed by atoms with Crippen molar-refractivity contribution in [1.29, 1.82) is 0 Å². The normalized spacial score (nSPS) is 22.8. The van der Waals surface area contributed by atoms with Crippen LogP contribution < -0.4 is 5.32 Å². The first-order valence-corrected chi connectivity index (χ1v) is 6.02. The Balaban J connectivity index is 2.76. The van der Waals surface area contributed by atoms with E-state index < -0.39 is 23.2 Å². The summed E-state index contributed by atoms with van der Waals surface area (Å²) < 4.78 is 9.91. The number of rotatable bonds is 3. The van der Waals surface area contributed by atoms with E-state index >= 15 is 0 Å². The quantitative estimate of drug-likeness (QED) is 0.589. The number of hydrogen-bond acceptors (Lipinski definition) is 5. The largest absolute Gasteiger partial charge is 0.467 e. The highest BCUT2D eigenvalue weighted by atomic mass is 16.6. The van der Waals surface area contributed by atoms with Crippen molar-refractivity contribution in [3.63, 3.8) is 0 Å². The van der Waals surface area contributed by atoms with Crippen LogP contribution in [0.15, 0.2) is 0 Å². The highest BCUT2D eigenvalue weighted by molar-refractivity contribution is 5.85. The average molecular weight is 272 g/mol. The van der Waals surface area contributed by atoms with Gasteiger partial charge in [-0.1, -0.05) is 0 Å². The molecule has 1 N–H and O–H groups in total. The third-order valence-corrected chi connectivity index (χ3v) is 2.83. The van der Waals surface area contributed by atoms with Crippen LogP contribution in [0.1, 0.15) is 27.2 Å². The van der Waals surface area contributed by atoms with Gasteiger partial charge in [0.05, 0.1) is 13.7 Å². The predicted molar refractivity (Wildman–Crippen MR) is 66.4 cm³/mol. The molecule has 2 amide bonds. The molecular weight excluding hydrogens is 252 g/mol. The number of carbonyl (C=O) groups is 3. The molecule has 1 aliphatic heterocycles. The Morgan fingerprint density at radius 1 is 1.37 bits per heavy atom. The Morgan fingerprint density at radius 3 is 2.47 bits per heavy atom. The molecule has 19 heavy (non-hydrogen) atoms. The van der Waals surface area contributed by atoms with Crippen molar-refractivity contribution in [1.82, 2.24) is 10.2 Å². The third kappa shape index (κ3) is 3.59. The van der Waals surface area contributed by atoms with Gasteiger partial charge in [-0.15, -0.1) is 0 Å². The molecule has 0 aromatic carbocycles. The summed E-state index contributed by atoms with van der Waals surface area (Å²) in [5.74, 6) is -0.564. The second kappa shape index (κ2) is 5.46. The first kappa shape index (κ1) is 15.3. The maximum Gasteiger partial charge on any atom is 0.410 e. The van der Waals surface area contributed by atoms with Crippen molar-refractivity contribution in [3.8, 4) is 0 Å². The van der Waals surface area contributed by atoms with Gasteiger partial charge in [0.25, 0.3) is 0 Å². The number of carbonyl (C=O) groups excluding carboxylic acids is 3. The lowest BCUT2D eigenvalue weighted by Crippen LogP contribution is -2.54. The van der Waals surface area contributed by atoms with Gasteiger partial charge in [-0.25, -0.2) is 9.59 Å². The molecule has 1 unspecified atom stereocenters. The van der Waals surface area contributed by atoms with Gasteiger partial charge in [0.15, 0.2) is 5.54 Å². The Bertz CT molecular complexity index is 377. The summed E-state index contributed by atoms with van der Waals surface area (Å²) in [6.45, 7) is 5.66. The maximum atomic E-state index is 11.9. The minimum absolute atomic E-state index is 0.0489. The molecule has 0 radical (unpaired) electrons. The topological polar surface area (TPSA) is 84.9 Å². The van der Waals surface area contributed by atoms with Gasteiger partial charge >= 0.3 is 12.1 Å². The molecule has 0 aromatic heterocycles. The van der Waals surface area contributed by atoms with Crippen molar-refractivity contribution in [3.05, 3.63) is 0 Å². The fourth-order valence-corrected chi connectivity index (χ4v) is 1.94. The molecule has 0 bridgehead atoms. The number of methoxy groups -OCH3 is 1. The van der Waals surface area contributed by atoms with Gasteiger partial charge in [-0.2, -0.15) is 0 Å². The molecule has 1 atom stereocenters. The zero-order chi connectivity index (χ0) is 14.7. The van der Waals surface area contributed by atoms with E-state index in [2.05, 4.69) is 10.1 Å². The summed E-state index contributed by atoms with van der Waals surface area (Å²) in [5, 5.41) is 2.45. The van der Waals surface area contributed by atoms with Crippen molar-refractivity contribution in [2.75, 3.05) is 20.2 Å². The third-order valence-electron chi connectivity index (χ3n) is 2.83. The first-order chi connectivity index (χ1) is 8.74. The fourth-order valence-electron chi connectivity index (χ4n) is 1.94. The number of ether oxygens (including phenoxy) is 2. The molecule has 0 aromatic rings. The molecule has 7 heteroatoms. The summed E-state index contributed by atoms with van der Waals surface area (Å²) in [6, 6.07) is 0. The van der Waals surface area contributed by atoms with E-state index in [4.69, 9.17) is 4.74 Å². The van der Waals surface area contributed by atoms with Gasteiger partial charge in [-0.3, -0.25) is 4.79 Å². The monoisotopic (exact) mass is 272 g/mol. The molecule has 1 aliphatic rings. The zero-order valence-electron chi connectivity index (χ0n) is 11.7. The fraction of sp³-hybridized carbons (Fsp3) is 0.750. The number of esters is 1. The number of nitrogens with one attached hydrogen (secondary N) is 1. The Morgan fingerprint density at radius 2 is 2.00 bits per heavy atom. The summed E-state index contributed by atoms with van der Waals surface area (Å²) in [4.78, 5) is 35.7. The van der Waals surface area contributed by atoms with Crippen LogP contribution >= 0.6 is 0 Å². The van der Waals surface area contributed by atoms with Crippen molar-refractivity contribution in [2.24, 2.45) is 0 Å². The zero-order valence-corrected chi connectivity index (χ0v) is 11.7. The number of nitrogens with zero attached hydrogens (tertiary/aromatic N) is 1. The Kier molecular flexibility index (Phi) is 4.39. The minimum atomic E-state index is -1.17. The summed E-state index contributed by atoms with van der Waals surface area (Å²) in [7, 11) is 1.24. The lowest BCUT2D eigenvalue weighted by atomic mass is 9.99. The number of amides is 2. The molecular formula is C12H20N2O5. The molecule has 1 fully saturated rings. The molecule has 108 valence electrons. The van der Waals surface area contributed by atoms with Crippen LogP contribution in [0.2, 0.25) is 0 Å². The lowest BCUT2D eigenvalue weighted by Gasteiger charge is -2.27. The predicted octanol–water partition coefficient (Wildman–Crippen LogP) is 0.285. The Hall–Kier alpha value is -1.79. The maximum absolute atomic E-state index is 11.9. The lowest BCUT2D eigenvalue weighted by molar-refractivity contribution is -0.149. The van der Waals surface area contributed by atoms with Crippen LogP contribution in [-0.4, -0.2) is 54.7 Å². The van der Waals surface area contributed by atoms with E-state index in [1.165, 1.54) is 12.0 Å². The van der Waals surface area contributed by atoms with Crippen molar-refractivity contribution < 1.29 is 23.9 Å². The van der Waals surface area contributed by atoms with Gasteiger partial charge in [0.1, 0.15) is 5.60 Å². The van der Waals surface area contributed by atoms with Crippen LogP contribution in [0, 0.1) is 0 Å². The standard InChI is InChI=1S/C12H20N2O5/c1-11(2,3)19-10(17)14-6-5-12(7-14,13-8-15)9(16)18-4/h8H,5-7H2,1-4H3,(H,13,15). The average Bonchev–Trinajstić information content (AvgIpc) is 2.72. The van der Waals surface area contributed by atoms with Crippen LogP contribution in [0.3, 0.4) is 0 Å². The number of likely N-dealkylation sites (tertiary alicyclic amines) is 1. The highest BCUT2D eigenvalue weighted by Crippen LogP contribution is 2.24.